The quantitative estimate of drug-likeness (QED) is 0.636. The SMILES string of the molecule is C=C(C)CC1C2c3c(Br)cccc3C(CC2(C)C)N1CC. The Bertz CT molecular complexity index is 575. The van der Waals surface area contributed by atoms with Crippen molar-refractivity contribution in [3.63, 3.8) is 0 Å². The molecule has 0 radical (unpaired) electrons. The van der Waals surface area contributed by atoms with Gasteiger partial charge in [-0.2, -0.15) is 0 Å². The van der Waals surface area contributed by atoms with Gasteiger partial charge in [0, 0.05) is 22.5 Å². The van der Waals surface area contributed by atoms with Crippen LogP contribution in [0.5, 0.6) is 0 Å². The fraction of sp³-hybridized carbons (Fsp3) is 0.579. The predicted molar refractivity (Wildman–Crippen MR) is 93.6 cm³/mol. The van der Waals surface area contributed by atoms with E-state index in [1.807, 2.05) is 0 Å². The van der Waals surface area contributed by atoms with Crippen LogP contribution < -0.4 is 0 Å². The molecule has 2 heterocycles. The lowest BCUT2D eigenvalue weighted by atomic mass is 9.57. The zero-order valence-corrected chi connectivity index (χ0v) is 15.2. The molecule has 3 unspecified atom stereocenters. The number of benzene rings is 1. The van der Waals surface area contributed by atoms with Crippen LogP contribution in [0.3, 0.4) is 0 Å². The fourth-order valence-electron chi connectivity index (χ4n) is 4.78. The first-order valence-electron chi connectivity index (χ1n) is 8.05. The van der Waals surface area contributed by atoms with Crippen LogP contribution in [-0.4, -0.2) is 17.5 Å². The molecule has 114 valence electrons. The summed E-state index contributed by atoms with van der Waals surface area (Å²) in [5.74, 6) is 0.588. The molecule has 0 amide bonds. The van der Waals surface area contributed by atoms with Gasteiger partial charge in [0.25, 0.3) is 0 Å². The van der Waals surface area contributed by atoms with Crippen LogP contribution in [0.15, 0.2) is 34.8 Å². The molecule has 1 saturated heterocycles. The summed E-state index contributed by atoms with van der Waals surface area (Å²) < 4.78 is 1.30. The van der Waals surface area contributed by atoms with Crippen molar-refractivity contribution in [1.29, 1.82) is 0 Å². The Kier molecular flexibility index (Phi) is 3.82. The van der Waals surface area contributed by atoms with Crippen molar-refractivity contribution >= 4 is 15.9 Å². The van der Waals surface area contributed by atoms with Gasteiger partial charge in [0.1, 0.15) is 0 Å². The van der Waals surface area contributed by atoms with E-state index in [1.165, 1.54) is 16.5 Å². The van der Waals surface area contributed by atoms with Crippen LogP contribution in [0.2, 0.25) is 0 Å². The van der Waals surface area contributed by atoms with Gasteiger partial charge >= 0.3 is 0 Å². The maximum Gasteiger partial charge on any atom is 0.0359 e. The van der Waals surface area contributed by atoms with Gasteiger partial charge in [-0.15, -0.1) is 6.58 Å². The summed E-state index contributed by atoms with van der Waals surface area (Å²) in [4.78, 5) is 2.72. The van der Waals surface area contributed by atoms with Gasteiger partial charge < -0.3 is 0 Å². The van der Waals surface area contributed by atoms with Gasteiger partial charge in [0.2, 0.25) is 0 Å². The lowest BCUT2D eigenvalue weighted by Gasteiger charge is -2.59. The molecule has 0 spiro atoms. The summed E-state index contributed by atoms with van der Waals surface area (Å²) in [6, 6.07) is 7.90. The highest BCUT2D eigenvalue weighted by atomic mass is 79.9. The van der Waals surface area contributed by atoms with E-state index in [2.05, 4.69) is 73.3 Å². The third-order valence-electron chi connectivity index (χ3n) is 5.45. The molecule has 4 rings (SSSR count). The standard InChI is InChI=1S/C19H26BrN/c1-6-21-15(10-12(2)3)18-17-13(8-7-9-14(17)20)16(21)11-19(18,4)5/h7-9,15-16,18H,2,6,10-11H2,1,3-5H3. The first-order valence-corrected chi connectivity index (χ1v) is 8.84. The zero-order valence-electron chi connectivity index (χ0n) is 13.6. The minimum atomic E-state index is 0.354. The van der Waals surface area contributed by atoms with Gasteiger partial charge in [-0.1, -0.05) is 54.4 Å². The van der Waals surface area contributed by atoms with E-state index in [-0.39, 0.29) is 0 Å². The molecule has 2 bridgehead atoms. The van der Waals surface area contributed by atoms with Crippen LogP contribution in [-0.2, 0) is 0 Å². The lowest BCUT2D eigenvalue weighted by molar-refractivity contribution is -0.0225. The Morgan fingerprint density at radius 2 is 2.14 bits per heavy atom. The van der Waals surface area contributed by atoms with Crippen LogP contribution in [0.4, 0.5) is 0 Å². The highest BCUT2D eigenvalue weighted by Gasteiger charge is 2.53. The van der Waals surface area contributed by atoms with Crippen molar-refractivity contribution in [1.82, 2.24) is 4.90 Å². The minimum Gasteiger partial charge on any atom is -0.293 e. The maximum absolute atomic E-state index is 4.19. The number of fused-ring (bicyclic) bond motifs is 2. The molecule has 1 aromatic rings. The van der Waals surface area contributed by atoms with Crippen molar-refractivity contribution in [3.8, 4) is 0 Å². The van der Waals surface area contributed by atoms with Crippen molar-refractivity contribution in [2.75, 3.05) is 6.54 Å². The molecule has 1 aromatic carbocycles. The minimum absolute atomic E-state index is 0.354. The number of piperidine rings is 1. The molecule has 3 aliphatic rings. The van der Waals surface area contributed by atoms with Crippen molar-refractivity contribution in [2.45, 2.75) is 58.5 Å². The van der Waals surface area contributed by atoms with Crippen LogP contribution in [0, 0.1) is 5.41 Å². The molecule has 0 saturated carbocycles. The van der Waals surface area contributed by atoms with E-state index in [9.17, 15) is 0 Å². The molecule has 2 aliphatic heterocycles. The van der Waals surface area contributed by atoms with E-state index >= 15 is 0 Å². The van der Waals surface area contributed by atoms with Gasteiger partial charge in [0.05, 0.1) is 0 Å². The highest BCUT2D eigenvalue weighted by molar-refractivity contribution is 9.10. The molecular weight excluding hydrogens is 322 g/mol. The van der Waals surface area contributed by atoms with Gasteiger partial charge in [0.15, 0.2) is 0 Å². The number of hydrogen-bond donors (Lipinski definition) is 0. The maximum atomic E-state index is 4.19. The molecule has 21 heavy (non-hydrogen) atoms. The van der Waals surface area contributed by atoms with E-state index in [0.717, 1.165) is 13.0 Å². The van der Waals surface area contributed by atoms with E-state index in [0.29, 0.717) is 23.4 Å². The zero-order chi connectivity index (χ0) is 15.4. The van der Waals surface area contributed by atoms with Gasteiger partial charge in [-0.25, -0.2) is 0 Å². The average molecular weight is 348 g/mol. The normalized spacial score (nSPS) is 30.2. The summed E-state index contributed by atoms with van der Waals surface area (Å²) in [6.45, 7) is 14.7. The van der Waals surface area contributed by atoms with Crippen LogP contribution in [0.1, 0.15) is 63.6 Å². The topological polar surface area (TPSA) is 3.24 Å². The van der Waals surface area contributed by atoms with Crippen LogP contribution >= 0.6 is 15.9 Å². The second kappa shape index (κ2) is 5.24. The third kappa shape index (κ3) is 2.31. The summed E-state index contributed by atoms with van der Waals surface area (Å²) >= 11 is 3.83. The number of rotatable bonds is 3. The summed E-state index contributed by atoms with van der Waals surface area (Å²) in [5.41, 5.74) is 4.77. The fourth-order valence-corrected chi connectivity index (χ4v) is 5.41. The predicted octanol–water partition coefficient (Wildman–Crippen LogP) is 5.67. The Morgan fingerprint density at radius 3 is 2.76 bits per heavy atom. The van der Waals surface area contributed by atoms with Crippen molar-refractivity contribution < 1.29 is 0 Å². The van der Waals surface area contributed by atoms with E-state index in [4.69, 9.17) is 0 Å². The first-order chi connectivity index (χ1) is 9.86. The lowest BCUT2D eigenvalue weighted by Crippen LogP contribution is -2.56. The number of nitrogens with zero attached hydrogens (tertiary/aromatic N) is 1. The third-order valence-corrected chi connectivity index (χ3v) is 6.14. The Morgan fingerprint density at radius 1 is 1.43 bits per heavy atom. The van der Waals surface area contributed by atoms with Crippen LogP contribution in [0.25, 0.3) is 0 Å². The average Bonchev–Trinajstić information content (AvgIpc) is 2.38. The Labute approximate surface area is 137 Å². The number of likely N-dealkylation sites (N-methyl/N-ethyl adjacent to an activating group) is 1. The van der Waals surface area contributed by atoms with Gasteiger partial charge in [-0.05, 0) is 48.9 Å². The number of halogens is 1. The molecular formula is C19H26BrN. The Balaban J connectivity index is 2.18. The molecule has 2 heteroatoms. The first kappa shape index (κ1) is 15.3. The van der Waals surface area contributed by atoms with Gasteiger partial charge in [-0.3, -0.25) is 4.90 Å². The van der Waals surface area contributed by atoms with Crippen molar-refractivity contribution in [2.24, 2.45) is 5.41 Å². The summed E-state index contributed by atoms with van der Waals surface area (Å²) in [6.07, 6.45) is 2.38. The van der Waals surface area contributed by atoms with Crippen molar-refractivity contribution in [3.05, 3.63) is 46.0 Å². The Hall–Kier alpha value is -0.600. The molecule has 1 aliphatic carbocycles. The molecule has 0 aromatic heterocycles. The largest absolute Gasteiger partial charge is 0.293 e. The monoisotopic (exact) mass is 347 g/mol. The molecule has 3 atom stereocenters. The summed E-state index contributed by atoms with van der Waals surface area (Å²) in [5, 5.41) is 0. The highest BCUT2D eigenvalue weighted by Crippen LogP contribution is 2.60. The second-order valence-electron chi connectivity index (χ2n) is 7.49. The number of hydrogen-bond acceptors (Lipinski definition) is 1. The van der Waals surface area contributed by atoms with E-state index < -0.39 is 0 Å². The molecule has 1 fully saturated rings. The summed E-state index contributed by atoms with van der Waals surface area (Å²) in [7, 11) is 0. The molecule has 0 N–H and O–H groups in total. The smallest absolute Gasteiger partial charge is 0.0359 e. The second-order valence-corrected chi connectivity index (χ2v) is 8.34. The molecule has 1 nitrogen and oxygen atoms in total. The van der Waals surface area contributed by atoms with E-state index in [1.54, 1.807) is 11.1 Å².